The van der Waals surface area contributed by atoms with Gasteiger partial charge in [0.15, 0.2) is 6.61 Å². The molecule has 1 fully saturated rings. The van der Waals surface area contributed by atoms with E-state index >= 15 is 0 Å². The maximum Gasteiger partial charge on any atom is 0.174 e. The molecule has 0 spiro atoms. The molecule has 1 aliphatic carbocycles. The number of benzene rings is 1. The van der Waals surface area contributed by atoms with Gasteiger partial charge in [-0.1, -0.05) is 25.0 Å². The lowest BCUT2D eigenvalue weighted by Gasteiger charge is -2.24. The number of hydrogen-bond donors (Lipinski definition) is 1. The highest BCUT2D eigenvalue weighted by Gasteiger charge is 2.18. The predicted molar refractivity (Wildman–Crippen MR) is 84.1 cm³/mol. The van der Waals surface area contributed by atoms with Gasteiger partial charge in [0.05, 0.1) is 0 Å². The Kier molecular flexibility index (Phi) is 6.52. The van der Waals surface area contributed by atoms with Crippen molar-refractivity contribution in [2.45, 2.75) is 38.3 Å². The Balaban J connectivity index is 1.67. The minimum Gasteiger partial charge on any atom is -0.479 e. The van der Waals surface area contributed by atoms with Gasteiger partial charge in [-0.15, -0.1) is 0 Å². The Morgan fingerprint density at radius 3 is 2.95 bits per heavy atom. The van der Waals surface area contributed by atoms with Gasteiger partial charge in [-0.05, 0) is 37.6 Å². The van der Waals surface area contributed by atoms with E-state index in [0.29, 0.717) is 0 Å². The summed E-state index contributed by atoms with van der Waals surface area (Å²) in [6.07, 6.45) is 5.49. The van der Waals surface area contributed by atoms with Gasteiger partial charge in [-0.2, -0.15) is 5.26 Å². The number of rotatable bonds is 8. The van der Waals surface area contributed by atoms with Crippen LogP contribution in [0.25, 0.3) is 0 Å². The van der Waals surface area contributed by atoms with Crippen LogP contribution in [0.4, 0.5) is 0 Å². The van der Waals surface area contributed by atoms with Gasteiger partial charge >= 0.3 is 0 Å². The zero-order valence-corrected chi connectivity index (χ0v) is 12.8. The van der Waals surface area contributed by atoms with E-state index < -0.39 is 0 Å². The highest BCUT2D eigenvalue weighted by molar-refractivity contribution is 5.28. The third-order valence-corrected chi connectivity index (χ3v) is 4.12. The van der Waals surface area contributed by atoms with E-state index in [2.05, 4.69) is 23.3 Å². The summed E-state index contributed by atoms with van der Waals surface area (Å²) in [4.78, 5) is 2.48. The fourth-order valence-electron chi connectivity index (χ4n) is 2.88. The molecule has 0 unspecified atom stereocenters. The topological polar surface area (TPSA) is 48.3 Å². The number of likely N-dealkylation sites (N-methyl/N-ethyl adjacent to an activating group) is 1. The van der Waals surface area contributed by atoms with E-state index in [1.54, 1.807) is 0 Å². The van der Waals surface area contributed by atoms with Gasteiger partial charge in [0.2, 0.25) is 0 Å². The molecule has 0 aromatic heterocycles. The quantitative estimate of drug-likeness (QED) is 0.747. The molecule has 114 valence electrons. The molecule has 2 rings (SSSR count). The molecule has 21 heavy (non-hydrogen) atoms. The lowest BCUT2D eigenvalue weighted by Crippen LogP contribution is -2.35. The van der Waals surface area contributed by atoms with Crippen LogP contribution in [-0.2, 0) is 6.54 Å². The second-order valence-electron chi connectivity index (χ2n) is 5.69. The number of ether oxygens (including phenoxy) is 1. The summed E-state index contributed by atoms with van der Waals surface area (Å²) in [6.45, 7) is 3.02. The number of nitrogens with zero attached hydrogens (tertiary/aromatic N) is 2. The molecule has 4 nitrogen and oxygen atoms in total. The summed E-state index contributed by atoms with van der Waals surface area (Å²) in [5, 5.41) is 12.0. The third kappa shape index (κ3) is 5.37. The number of hydrogen-bond acceptors (Lipinski definition) is 4. The zero-order chi connectivity index (χ0) is 14.9. The minimum absolute atomic E-state index is 0.100. The van der Waals surface area contributed by atoms with Crippen molar-refractivity contribution in [3.8, 4) is 11.8 Å². The molecular weight excluding hydrogens is 262 g/mol. The fourth-order valence-corrected chi connectivity index (χ4v) is 2.88. The summed E-state index contributed by atoms with van der Waals surface area (Å²) in [5.74, 6) is 0.763. The first-order chi connectivity index (χ1) is 10.3. The van der Waals surface area contributed by atoms with Crippen LogP contribution < -0.4 is 10.1 Å². The van der Waals surface area contributed by atoms with Crippen molar-refractivity contribution in [2.75, 3.05) is 26.7 Å². The molecule has 0 aliphatic heterocycles. The fraction of sp³-hybridized carbons (Fsp3) is 0.588. The van der Waals surface area contributed by atoms with Crippen molar-refractivity contribution >= 4 is 0 Å². The highest BCUT2D eigenvalue weighted by Crippen LogP contribution is 2.21. The first-order valence-electron chi connectivity index (χ1n) is 7.79. The summed E-state index contributed by atoms with van der Waals surface area (Å²) in [5.41, 5.74) is 1.19. The van der Waals surface area contributed by atoms with Crippen molar-refractivity contribution < 1.29 is 4.74 Å². The van der Waals surface area contributed by atoms with E-state index in [-0.39, 0.29) is 6.61 Å². The largest absolute Gasteiger partial charge is 0.479 e. The van der Waals surface area contributed by atoms with Crippen molar-refractivity contribution in [1.29, 1.82) is 5.26 Å². The monoisotopic (exact) mass is 287 g/mol. The Labute approximate surface area is 127 Å². The molecule has 1 aromatic rings. The average Bonchev–Trinajstić information content (AvgIpc) is 3.04. The maximum absolute atomic E-state index is 8.52. The standard InChI is InChI=1S/C17H25N3O/c1-20(16-6-2-3-7-16)11-10-19-14-15-5-4-8-17(13-15)21-12-9-18/h4-5,8,13,16,19H,2-3,6-7,10-12,14H2,1H3. The molecule has 1 aliphatic rings. The van der Waals surface area contributed by atoms with Gasteiger partial charge in [-0.25, -0.2) is 0 Å². The van der Waals surface area contributed by atoms with Crippen molar-refractivity contribution in [3.63, 3.8) is 0 Å². The van der Waals surface area contributed by atoms with Gasteiger partial charge < -0.3 is 15.0 Å². The molecule has 1 N–H and O–H groups in total. The van der Waals surface area contributed by atoms with E-state index in [1.165, 1.54) is 31.2 Å². The van der Waals surface area contributed by atoms with Gasteiger partial charge in [-0.3, -0.25) is 0 Å². The summed E-state index contributed by atoms with van der Waals surface area (Å²) >= 11 is 0. The van der Waals surface area contributed by atoms with Crippen LogP contribution in [0.3, 0.4) is 0 Å². The Morgan fingerprint density at radius 2 is 2.19 bits per heavy atom. The van der Waals surface area contributed by atoms with E-state index in [4.69, 9.17) is 10.00 Å². The Hall–Kier alpha value is -1.57. The van der Waals surface area contributed by atoms with Crippen molar-refractivity contribution in [1.82, 2.24) is 10.2 Å². The molecule has 0 saturated heterocycles. The first kappa shape index (κ1) is 15.8. The second kappa shape index (κ2) is 8.66. The van der Waals surface area contributed by atoms with Crippen LogP contribution in [0.15, 0.2) is 24.3 Å². The summed E-state index contributed by atoms with van der Waals surface area (Å²) in [6, 6.07) is 10.7. The molecule has 0 bridgehead atoms. The average molecular weight is 287 g/mol. The highest BCUT2D eigenvalue weighted by atomic mass is 16.5. The van der Waals surface area contributed by atoms with Crippen LogP contribution in [0.2, 0.25) is 0 Å². The van der Waals surface area contributed by atoms with Crippen LogP contribution >= 0.6 is 0 Å². The van der Waals surface area contributed by atoms with E-state index in [1.807, 2.05) is 24.3 Å². The van der Waals surface area contributed by atoms with Crippen LogP contribution in [0.1, 0.15) is 31.2 Å². The molecule has 4 heteroatoms. The molecule has 0 atom stereocenters. The molecule has 0 heterocycles. The number of nitriles is 1. The van der Waals surface area contributed by atoms with Gasteiger partial charge in [0, 0.05) is 25.7 Å². The van der Waals surface area contributed by atoms with Gasteiger partial charge in [0.25, 0.3) is 0 Å². The molecule has 0 radical (unpaired) electrons. The van der Waals surface area contributed by atoms with Crippen molar-refractivity contribution in [3.05, 3.63) is 29.8 Å². The molecule has 1 aromatic carbocycles. The Morgan fingerprint density at radius 1 is 1.38 bits per heavy atom. The normalized spacial score (nSPS) is 15.3. The van der Waals surface area contributed by atoms with E-state index in [0.717, 1.165) is 31.4 Å². The maximum atomic E-state index is 8.52. The van der Waals surface area contributed by atoms with Crippen molar-refractivity contribution in [2.24, 2.45) is 0 Å². The molecule has 1 saturated carbocycles. The zero-order valence-electron chi connectivity index (χ0n) is 12.8. The van der Waals surface area contributed by atoms with Crippen LogP contribution in [-0.4, -0.2) is 37.7 Å². The Bertz CT molecular complexity index is 463. The van der Waals surface area contributed by atoms with E-state index in [9.17, 15) is 0 Å². The molecular formula is C17H25N3O. The summed E-state index contributed by atoms with van der Waals surface area (Å²) in [7, 11) is 2.23. The minimum atomic E-state index is 0.100. The smallest absolute Gasteiger partial charge is 0.174 e. The predicted octanol–water partition coefficient (Wildman–Crippen LogP) is 2.55. The SMILES string of the molecule is CN(CCNCc1cccc(OCC#N)c1)C1CCCC1. The second-order valence-corrected chi connectivity index (χ2v) is 5.69. The molecule has 0 amide bonds. The third-order valence-electron chi connectivity index (χ3n) is 4.12. The number of nitrogens with one attached hydrogen (secondary N) is 1. The van der Waals surface area contributed by atoms with Crippen LogP contribution in [0.5, 0.6) is 5.75 Å². The van der Waals surface area contributed by atoms with Crippen LogP contribution in [0, 0.1) is 11.3 Å². The van der Waals surface area contributed by atoms with Gasteiger partial charge in [0.1, 0.15) is 11.8 Å². The summed E-state index contributed by atoms with van der Waals surface area (Å²) < 4.78 is 5.31. The lowest BCUT2D eigenvalue weighted by atomic mass is 10.2. The first-order valence-corrected chi connectivity index (χ1v) is 7.79. The lowest BCUT2D eigenvalue weighted by molar-refractivity contribution is 0.245.